The third-order valence-corrected chi connectivity index (χ3v) is 7.68. The van der Waals surface area contributed by atoms with Gasteiger partial charge in [-0.25, -0.2) is 4.39 Å². The Hall–Kier alpha value is -1.21. The van der Waals surface area contributed by atoms with Gasteiger partial charge in [0.05, 0.1) is 6.04 Å². The zero-order valence-corrected chi connectivity index (χ0v) is 17.2. The zero-order chi connectivity index (χ0) is 19.8. The van der Waals surface area contributed by atoms with Crippen molar-refractivity contribution >= 4 is 11.8 Å². The van der Waals surface area contributed by atoms with E-state index in [1.807, 2.05) is 4.90 Å². The fraction of sp³-hybridized carbons (Fsp3) is 0.905. The van der Waals surface area contributed by atoms with Gasteiger partial charge < -0.3 is 15.5 Å². The van der Waals surface area contributed by atoms with Crippen LogP contribution in [0.15, 0.2) is 0 Å². The van der Waals surface area contributed by atoms with Crippen LogP contribution in [0.25, 0.3) is 0 Å². The molecule has 2 amide bonds. The van der Waals surface area contributed by atoms with Gasteiger partial charge in [-0.2, -0.15) is 0 Å². The standard InChI is InChI=1S/C21H35FN4O2/c1-13-3-6-18(22)17-12-19(24-20(13)17)21(28)23-15-4-5-16(11-15)26-9-7-25(8-10-26)14(2)27/h13,15-20,24H,3-12H2,1-2H3,(H,23,28). The lowest BCUT2D eigenvalue weighted by atomic mass is 9.77. The Balaban J connectivity index is 1.25. The highest BCUT2D eigenvalue weighted by atomic mass is 19.1. The fourth-order valence-corrected chi connectivity index (χ4v) is 5.92. The van der Waals surface area contributed by atoms with Crippen LogP contribution in [0.4, 0.5) is 4.39 Å². The number of hydrogen-bond donors (Lipinski definition) is 2. The summed E-state index contributed by atoms with van der Waals surface area (Å²) in [4.78, 5) is 28.7. The third-order valence-electron chi connectivity index (χ3n) is 7.68. The van der Waals surface area contributed by atoms with Crippen molar-refractivity contribution in [2.45, 2.75) is 82.7 Å². The number of rotatable bonds is 3. The molecule has 6 nitrogen and oxygen atoms in total. The summed E-state index contributed by atoms with van der Waals surface area (Å²) in [5, 5.41) is 6.68. The Kier molecular flexibility index (Phi) is 5.93. The van der Waals surface area contributed by atoms with Gasteiger partial charge in [-0.1, -0.05) is 6.92 Å². The van der Waals surface area contributed by atoms with Gasteiger partial charge in [0.1, 0.15) is 6.17 Å². The fourth-order valence-electron chi connectivity index (χ4n) is 5.92. The topological polar surface area (TPSA) is 64.7 Å². The Bertz CT molecular complexity index is 577. The van der Waals surface area contributed by atoms with E-state index in [0.717, 1.165) is 51.9 Å². The Labute approximate surface area is 167 Å². The minimum Gasteiger partial charge on any atom is -0.352 e. The third kappa shape index (κ3) is 4.06. The summed E-state index contributed by atoms with van der Waals surface area (Å²) in [5.41, 5.74) is 0. The van der Waals surface area contributed by atoms with Crippen LogP contribution in [0, 0.1) is 11.8 Å². The van der Waals surface area contributed by atoms with Crippen LogP contribution in [0.5, 0.6) is 0 Å². The molecule has 0 aromatic carbocycles. The molecule has 4 rings (SSSR count). The van der Waals surface area contributed by atoms with E-state index < -0.39 is 6.17 Å². The molecule has 158 valence electrons. The molecule has 7 atom stereocenters. The summed E-state index contributed by atoms with van der Waals surface area (Å²) in [5.74, 6) is 0.652. The minimum atomic E-state index is -0.768. The van der Waals surface area contributed by atoms with Gasteiger partial charge in [0.15, 0.2) is 0 Å². The number of piperazine rings is 1. The van der Waals surface area contributed by atoms with E-state index in [2.05, 4.69) is 22.5 Å². The molecule has 0 bridgehead atoms. The number of carbonyl (C=O) groups is 2. The van der Waals surface area contributed by atoms with Crippen LogP contribution in [-0.4, -0.2) is 78.1 Å². The van der Waals surface area contributed by atoms with Crippen molar-refractivity contribution in [2.75, 3.05) is 26.2 Å². The Morgan fingerprint density at radius 3 is 2.46 bits per heavy atom. The predicted octanol–water partition coefficient (Wildman–Crippen LogP) is 1.30. The first-order chi connectivity index (χ1) is 13.4. The van der Waals surface area contributed by atoms with E-state index in [4.69, 9.17) is 0 Å². The van der Waals surface area contributed by atoms with Crippen molar-refractivity contribution in [2.24, 2.45) is 11.8 Å². The molecule has 2 heterocycles. The highest BCUT2D eigenvalue weighted by Gasteiger charge is 2.46. The monoisotopic (exact) mass is 394 g/mol. The largest absolute Gasteiger partial charge is 0.352 e. The quantitative estimate of drug-likeness (QED) is 0.758. The van der Waals surface area contributed by atoms with Crippen molar-refractivity contribution in [3.05, 3.63) is 0 Å². The lowest BCUT2D eigenvalue weighted by Gasteiger charge is -2.37. The predicted molar refractivity (Wildman–Crippen MR) is 106 cm³/mol. The average molecular weight is 395 g/mol. The van der Waals surface area contributed by atoms with Gasteiger partial charge >= 0.3 is 0 Å². The molecule has 2 N–H and O–H groups in total. The SMILES string of the molecule is CC(=O)N1CCN(C2CCC(NC(=O)C3CC4C(F)CCC(C)C4N3)C2)CC1. The van der Waals surface area contributed by atoms with Crippen LogP contribution in [0.2, 0.25) is 0 Å². The summed E-state index contributed by atoms with van der Waals surface area (Å²) in [6.45, 7) is 7.27. The first-order valence-electron chi connectivity index (χ1n) is 11.1. The normalized spacial score (nSPS) is 41.7. The number of nitrogens with zero attached hydrogens (tertiary/aromatic N) is 2. The van der Waals surface area contributed by atoms with E-state index in [1.54, 1.807) is 6.92 Å². The molecule has 0 aromatic rings. The maximum Gasteiger partial charge on any atom is 0.237 e. The molecule has 2 saturated heterocycles. The van der Waals surface area contributed by atoms with Crippen LogP contribution in [0.3, 0.4) is 0 Å². The number of amides is 2. The van der Waals surface area contributed by atoms with E-state index in [-0.39, 0.29) is 35.9 Å². The molecule has 0 aromatic heterocycles. The zero-order valence-electron chi connectivity index (χ0n) is 17.2. The number of fused-ring (bicyclic) bond motifs is 1. The molecule has 0 radical (unpaired) electrons. The number of nitrogens with one attached hydrogen (secondary N) is 2. The van der Waals surface area contributed by atoms with Gasteiger partial charge in [-0.05, 0) is 44.4 Å². The molecule has 0 spiro atoms. The minimum absolute atomic E-state index is 0.00611. The van der Waals surface area contributed by atoms with E-state index in [1.165, 1.54) is 0 Å². The number of alkyl halides is 1. The first kappa shape index (κ1) is 20.1. The molecule has 2 saturated carbocycles. The number of halogens is 1. The average Bonchev–Trinajstić information content (AvgIpc) is 3.33. The summed E-state index contributed by atoms with van der Waals surface area (Å²) in [6, 6.07) is 0.612. The van der Waals surface area contributed by atoms with Gasteiger partial charge in [-0.3, -0.25) is 14.5 Å². The second kappa shape index (κ2) is 8.27. The second-order valence-electron chi connectivity index (χ2n) is 9.43. The van der Waals surface area contributed by atoms with Crippen LogP contribution >= 0.6 is 0 Å². The van der Waals surface area contributed by atoms with Gasteiger partial charge in [0.2, 0.25) is 11.8 Å². The summed E-state index contributed by atoms with van der Waals surface area (Å²) >= 11 is 0. The molecule has 28 heavy (non-hydrogen) atoms. The van der Waals surface area contributed by atoms with Crippen LogP contribution in [0.1, 0.15) is 52.4 Å². The van der Waals surface area contributed by atoms with Crippen molar-refractivity contribution in [1.82, 2.24) is 20.4 Å². The highest BCUT2D eigenvalue weighted by molar-refractivity contribution is 5.82. The van der Waals surface area contributed by atoms with Gasteiger partial charge in [-0.15, -0.1) is 0 Å². The summed E-state index contributed by atoms with van der Waals surface area (Å²) in [7, 11) is 0. The highest BCUT2D eigenvalue weighted by Crippen LogP contribution is 2.38. The van der Waals surface area contributed by atoms with E-state index >= 15 is 0 Å². The number of carbonyl (C=O) groups excluding carboxylic acids is 2. The molecule has 7 unspecified atom stereocenters. The molecular weight excluding hydrogens is 359 g/mol. The van der Waals surface area contributed by atoms with E-state index in [9.17, 15) is 14.0 Å². The Morgan fingerprint density at radius 1 is 1.04 bits per heavy atom. The van der Waals surface area contributed by atoms with Gasteiger partial charge in [0.25, 0.3) is 0 Å². The van der Waals surface area contributed by atoms with Crippen molar-refractivity contribution in [3.63, 3.8) is 0 Å². The lowest BCUT2D eigenvalue weighted by molar-refractivity contribution is -0.131. The van der Waals surface area contributed by atoms with E-state index in [0.29, 0.717) is 24.8 Å². The molecule has 2 aliphatic heterocycles. The van der Waals surface area contributed by atoms with Crippen molar-refractivity contribution < 1.29 is 14.0 Å². The van der Waals surface area contributed by atoms with Gasteiger partial charge in [0, 0.05) is 57.1 Å². The summed E-state index contributed by atoms with van der Waals surface area (Å²) in [6.07, 6.45) is 4.49. The Morgan fingerprint density at radius 2 is 1.79 bits per heavy atom. The number of hydrogen-bond acceptors (Lipinski definition) is 4. The summed E-state index contributed by atoms with van der Waals surface area (Å²) < 4.78 is 14.3. The molecule has 7 heteroatoms. The van der Waals surface area contributed by atoms with Crippen LogP contribution in [-0.2, 0) is 9.59 Å². The maximum absolute atomic E-state index is 14.3. The maximum atomic E-state index is 14.3. The molecule has 2 aliphatic carbocycles. The molecular formula is C21H35FN4O2. The van der Waals surface area contributed by atoms with Crippen molar-refractivity contribution in [3.8, 4) is 0 Å². The van der Waals surface area contributed by atoms with Crippen molar-refractivity contribution in [1.29, 1.82) is 0 Å². The second-order valence-corrected chi connectivity index (χ2v) is 9.43. The lowest BCUT2D eigenvalue weighted by Crippen LogP contribution is -2.51. The first-order valence-corrected chi connectivity index (χ1v) is 11.1. The molecule has 4 aliphatic rings. The molecule has 4 fully saturated rings. The van der Waals surface area contributed by atoms with Crippen LogP contribution < -0.4 is 10.6 Å². The smallest absolute Gasteiger partial charge is 0.237 e.